The maximum Gasteiger partial charge on any atom is 0.311 e. The number of carbonyl (C=O) groups is 2. The molecule has 0 aromatic carbocycles. The molecule has 1 fully saturated rings. The van der Waals surface area contributed by atoms with Crippen molar-refractivity contribution in [3.63, 3.8) is 0 Å². The fraction of sp³-hybridized carbons (Fsp3) is 0.846. The van der Waals surface area contributed by atoms with Crippen LogP contribution in [0.4, 0.5) is 0 Å². The topological polar surface area (TPSA) is 52.6 Å². The van der Waals surface area contributed by atoms with E-state index in [2.05, 4.69) is 0 Å². The molecule has 0 aliphatic heterocycles. The largest absolute Gasteiger partial charge is 0.428 e. The smallest absolute Gasteiger partial charge is 0.311 e. The van der Waals surface area contributed by atoms with E-state index in [1.807, 2.05) is 0 Å². The fourth-order valence-electron chi connectivity index (χ4n) is 2.07. The highest BCUT2D eigenvalue weighted by molar-refractivity contribution is 5.73. The van der Waals surface area contributed by atoms with Crippen LogP contribution in [-0.2, 0) is 19.1 Å². The lowest BCUT2D eigenvalue weighted by molar-refractivity contribution is -0.170. The third-order valence-electron chi connectivity index (χ3n) is 3.15. The molecule has 98 valence electrons. The lowest BCUT2D eigenvalue weighted by Crippen LogP contribution is -2.21. The van der Waals surface area contributed by atoms with E-state index in [-0.39, 0.29) is 24.6 Å². The van der Waals surface area contributed by atoms with Gasteiger partial charge in [0.1, 0.15) is 0 Å². The van der Waals surface area contributed by atoms with Crippen molar-refractivity contribution in [2.45, 2.75) is 58.3 Å². The molecule has 0 amide bonds. The molecule has 0 saturated heterocycles. The number of hydrogen-bond acceptors (Lipinski definition) is 4. The Morgan fingerprint density at radius 2 is 1.59 bits per heavy atom. The maximum atomic E-state index is 11.7. The van der Waals surface area contributed by atoms with Gasteiger partial charge in [-0.05, 0) is 12.8 Å². The molecule has 17 heavy (non-hydrogen) atoms. The second-order valence-corrected chi connectivity index (χ2v) is 4.49. The molecule has 0 aromatic rings. The average Bonchev–Trinajstić information content (AvgIpc) is 2.28. The highest BCUT2D eigenvalue weighted by atomic mass is 16.7. The fourth-order valence-corrected chi connectivity index (χ4v) is 2.07. The van der Waals surface area contributed by atoms with Gasteiger partial charge < -0.3 is 9.47 Å². The van der Waals surface area contributed by atoms with Crippen LogP contribution in [-0.4, -0.2) is 18.7 Å². The average molecular weight is 242 g/mol. The number of esters is 2. The molecule has 0 aromatic heterocycles. The molecule has 0 unspecified atom stereocenters. The van der Waals surface area contributed by atoms with Gasteiger partial charge in [-0.1, -0.05) is 39.0 Å². The summed E-state index contributed by atoms with van der Waals surface area (Å²) in [6.07, 6.45) is 7.98. The maximum absolute atomic E-state index is 11.7. The van der Waals surface area contributed by atoms with Gasteiger partial charge in [-0.15, -0.1) is 0 Å². The minimum atomic E-state index is -0.338. The van der Waals surface area contributed by atoms with Crippen molar-refractivity contribution in [1.29, 1.82) is 0 Å². The summed E-state index contributed by atoms with van der Waals surface area (Å²) in [6, 6.07) is 0. The molecule has 0 radical (unpaired) electrons. The summed E-state index contributed by atoms with van der Waals surface area (Å²) >= 11 is 0. The van der Waals surface area contributed by atoms with Crippen molar-refractivity contribution < 1.29 is 19.1 Å². The van der Waals surface area contributed by atoms with Gasteiger partial charge in [-0.3, -0.25) is 9.59 Å². The molecule has 1 saturated carbocycles. The molecule has 0 atom stereocenters. The van der Waals surface area contributed by atoms with Crippen LogP contribution in [0.25, 0.3) is 0 Å². The zero-order valence-electron chi connectivity index (χ0n) is 10.6. The van der Waals surface area contributed by atoms with Gasteiger partial charge in [0.25, 0.3) is 0 Å². The van der Waals surface area contributed by atoms with Crippen LogP contribution in [0, 0.1) is 5.92 Å². The van der Waals surface area contributed by atoms with Crippen molar-refractivity contribution >= 4 is 11.9 Å². The van der Waals surface area contributed by atoms with Gasteiger partial charge in [-0.25, -0.2) is 0 Å². The zero-order valence-corrected chi connectivity index (χ0v) is 10.6. The van der Waals surface area contributed by atoms with Gasteiger partial charge in [0, 0.05) is 6.42 Å². The first kappa shape index (κ1) is 14.0. The Hall–Kier alpha value is -1.06. The normalized spacial score (nSPS) is 17.9. The molecule has 1 aliphatic rings. The van der Waals surface area contributed by atoms with Crippen LogP contribution in [0.3, 0.4) is 0 Å². The molecule has 4 heteroatoms. The summed E-state index contributed by atoms with van der Waals surface area (Å²) in [6.45, 7) is 1.47. The van der Waals surface area contributed by atoms with E-state index in [0.717, 1.165) is 25.7 Å². The number of ether oxygens (including phenoxy) is 2. The summed E-state index contributed by atoms with van der Waals surface area (Å²) in [5.74, 6) is -0.554. The number of rotatable bonds is 4. The third-order valence-corrected chi connectivity index (χ3v) is 3.15. The quantitative estimate of drug-likeness (QED) is 0.562. The van der Waals surface area contributed by atoms with Gasteiger partial charge in [0.15, 0.2) is 0 Å². The van der Waals surface area contributed by atoms with Crippen molar-refractivity contribution in [3.8, 4) is 0 Å². The minimum Gasteiger partial charge on any atom is -0.428 e. The second-order valence-electron chi connectivity index (χ2n) is 4.49. The van der Waals surface area contributed by atoms with Gasteiger partial charge in [0.2, 0.25) is 6.79 Å². The van der Waals surface area contributed by atoms with Crippen LogP contribution in [0.2, 0.25) is 0 Å². The molecular formula is C13H22O4. The molecule has 0 spiro atoms. The van der Waals surface area contributed by atoms with Gasteiger partial charge in [-0.2, -0.15) is 0 Å². The minimum absolute atomic E-state index is 0.00405. The summed E-state index contributed by atoms with van der Waals surface area (Å²) in [4.78, 5) is 22.6. The van der Waals surface area contributed by atoms with Gasteiger partial charge >= 0.3 is 11.9 Å². The molecular weight excluding hydrogens is 220 g/mol. The van der Waals surface area contributed by atoms with E-state index in [4.69, 9.17) is 9.47 Å². The monoisotopic (exact) mass is 242 g/mol. The molecule has 0 bridgehead atoms. The van der Waals surface area contributed by atoms with Crippen molar-refractivity contribution in [2.75, 3.05) is 6.79 Å². The standard InChI is InChI=1S/C13H22O4/c1-2-12(14)16-10-17-13(15)11-8-6-4-3-5-7-9-11/h11H,2-10H2,1H3. The SMILES string of the molecule is CCC(=O)OCOC(=O)C1CCCCCCC1. The van der Waals surface area contributed by atoms with E-state index in [1.165, 1.54) is 19.3 Å². The molecule has 1 aliphatic carbocycles. The Morgan fingerprint density at radius 1 is 1.00 bits per heavy atom. The molecule has 4 nitrogen and oxygen atoms in total. The number of carbonyl (C=O) groups excluding carboxylic acids is 2. The van der Waals surface area contributed by atoms with Crippen molar-refractivity contribution in [1.82, 2.24) is 0 Å². The van der Waals surface area contributed by atoms with E-state index >= 15 is 0 Å². The summed E-state index contributed by atoms with van der Waals surface area (Å²) < 4.78 is 9.69. The highest BCUT2D eigenvalue weighted by Crippen LogP contribution is 2.23. The lowest BCUT2D eigenvalue weighted by atomic mass is 9.91. The third kappa shape index (κ3) is 5.71. The predicted molar refractivity (Wildman–Crippen MR) is 63.2 cm³/mol. The lowest BCUT2D eigenvalue weighted by Gasteiger charge is -2.18. The van der Waals surface area contributed by atoms with Crippen LogP contribution < -0.4 is 0 Å². The number of hydrogen-bond donors (Lipinski definition) is 0. The van der Waals surface area contributed by atoms with E-state index < -0.39 is 0 Å². The van der Waals surface area contributed by atoms with Crippen LogP contribution in [0.1, 0.15) is 58.3 Å². The predicted octanol–water partition coefficient (Wildman–Crippen LogP) is 2.80. The van der Waals surface area contributed by atoms with Crippen LogP contribution >= 0.6 is 0 Å². The molecule has 0 heterocycles. The van der Waals surface area contributed by atoms with Crippen molar-refractivity contribution in [2.24, 2.45) is 5.92 Å². The Kier molecular flexibility index (Phi) is 6.67. The van der Waals surface area contributed by atoms with E-state index in [1.54, 1.807) is 6.92 Å². The Bertz CT molecular complexity index is 242. The molecule has 0 N–H and O–H groups in total. The van der Waals surface area contributed by atoms with Gasteiger partial charge in [0.05, 0.1) is 5.92 Å². The highest BCUT2D eigenvalue weighted by Gasteiger charge is 2.20. The Morgan fingerprint density at radius 3 is 2.18 bits per heavy atom. The summed E-state index contributed by atoms with van der Waals surface area (Å²) in [5.41, 5.74) is 0. The first-order chi connectivity index (χ1) is 8.24. The van der Waals surface area contributed by atoms with Crippen molar-refractivity contribution in [3.05, 3.63) is 0 Å². The zero-order chi connectivity index (χ0) is 12.5. The van der Waals surface area contributed by atoms with E-state index in [0.29, 0.717) is 6.42 Å². The van der Waals surface area contributed by atoms with E-state index in [9.17, 15) is 9.59 Å². The summed E-state index contributed by atoms with van der Waals surface area (Å²) in [7, 11) is 0. The first-order valence-electron chi connectivity index (χ1n) is 6.56. The van der Waals surface area contributed by atoms with Crippen LogP contribution in [0.15, 0.2) is 0 Å². The Labute approximate surface area is 103 Å². The van der Waals surface area contributed by atoms with Crippen LogP contribution in [0.5, 0.6) is 0 Å². The second kappa shape index (κ2) is 8.09. The summed E-state index contributed by atoms with van der Waals surface area (Å²) in [5, 5.41) is 0. The molecule has 1 rings (SSSR count). The first-order valence-corrected chi connectivity index (χ1v) is 6.56. The Balaban J connectivity index is 2.22.